The summed E-state index contributed by atoms with van der Waals surface area (Å²) in [5, 5.41) is 13.0. The number of hydrogen-bond donors (Lipinski definition) is 2. The van der Waals surface area contributed by atoms with E-state index in [0.29, 0.717) is 5.89 Å². The minimum absolute atomic E-state index is 0.567. The van der Waals surface area contributed by atoms with Crippen LogP contribution in [0.5, 0.6) is 0 Å². The third kappa shape index (κ3) is 2.46. The Balaban J connectivity index is 0.000000117. The first-order valence-electron chi connectivity index (χ1n) is 5.42. The van der Waals surface area contributed by atoms with Crippen LogP contribution in [0.25, 0.3) is 22.6 Å². The van der Waals surface area contributed by atoms with Gasteiger partial charge in [0.05, 0.1) is 18.6 Å². The number of aromatic nitrogens is 7. The Bertz CT molecular complexity index is 667. The number of aromatic amines is 2. The largest absolute Gasteiger partial charge is 0.443 e. The van der Waals surface area contributed by atoms with Gasteiger partial charge in [-0.15, -0.1) is 0 Å². The summed E-state index contributed by atoms with van der Waals surface area (Å²) in [5.41, 5.74) is 2.52. The lowest BCUT2D eigenvalue weighted by molar-refractivity contribution is 0.572. The molecule has 0 aliphatic rings. The number of nitrogens with zero attached hydrogens (tertiary/aromatic N) is 5. The van der Waals surface area contributed by atoms with Crippen molar-refractivity contribution >= 4 is 11.0 Å². The van der Waals surface area contributed by atoms with E-state index in [1.807, 2.05) is 0 Å². The maximum absolute atomic E-state index is 5.00. The van der Waals surface area contributed by atoms with Gasteiger partial charge < -0.3 is 4.42 Å². The fourth-order valence-electron chi connectivity index (χ4n) is 1.42. The monoisotopic (exact) mass is 255 g/mol. The van der Waals surface area contributed by atoms with E-state index in [1.54, 1.807) is 30.9 Å². The maximum atomic E-state index is 5.00. The highest BCUT2D eigenvalue weighted by Gasteiger charge is 2.00. The van der Waals surface area contributed by atoms with Crippen molar-refractivity contribution in [2.24, 2.45) is 0 Å². The molecule has 0 atom stereocenters. The molecule has 0 spiro atoms. The van der Waals surface area contributed by atoms with E-state index in [1.165, 1.54) is 12.6 Å². The second-order valence-corrected chi connectivity index (χ2v) is 3.50. The van der Waals surface area contributed by atoms with Crippen LogP contribution < -0.4 is 0 Å². The molecule has 0 saturated heterocycles. The molecule has 94 valence electrons. The van der Waals surface area contributed by atoms with Gasteiger partial charge in [0.2, 0.25) is 5.89 Å². The Morgan fingerprint density at radius 1 is 1.00 bits per heavy atom. The van der Waals surface area contributed by atoms with Gasteiger partial charge in [0, 0.05) is 6.20 Å². The van der Waals surface area contributed by atoms with Gasteiger partial charge in [-0.25, -0.2) is 15.0 Å². The number of oxazole rings is 1. The van der Waals surface area contributed by atoms with Crippen LogP contribution in [0.1, 0.15) is 0 Å². The normalized spacial score (nSPS) is 10.1. The Labute approximate surface area is 106 Å². The summed E-state index contributed by atoms with van der Waals surface area (Å²) in [6, 6.07) is 1.80. The predicted octanol–water partition coefficient (Wildman–Crippen LogP) is 1.42. The van der Waals surface area contributed by atoms with Gasteiger partial charge in [0.15, 0.2) is 0 Å². The van der Waals surface area contributed by atoms with Crippen molar-refractivity contribution in [2.45, 2.75) is 0 Å². The molecule has 0 fully saturated rings. The van der Waals surface area contributed by atoms with E-state index in [-0.39, 0.29) is 0 Å². The lowest BCUT2D eigenvalue weighted by atomic mass is 10.4. The Kier molecular flexibility index (Phi) is 2.97. The molecule has 0 aromatic carbocycles. The summed E-state index contributed by atoms with van der Waals surface area (Å²) in [5.74, 6) is 0.567. The van der Waals surface area contributed by atoms with E-state index in [4.69, 9.17) is 4.42 Å². The molecule has 8 heteroatoms. The molecule has 0 saturated carbocycles. The second kappa shape index (κ2) is 5.08. The SMILES string of the molecule is c1cc(-c2ncco2)[nH]n1.c1ncc2[nH]ncc2n1. The van der Waals surface area contributed by atoms with Gasteiger partial charge in [0.25, 0.3) is 0 Å². The predicted molar refractivity (Wildman–Crippen MR) is 65.8 cm³/mol. The van der Waals surface area contributed by atoms with E-state index in [2.05, 4.69) is 35.3 Å². The molecule has 0 aliphatic heterocycles. The van der Waals surface area contributed by atoms with Gasteiger partial charge in [-0.1, -0.05) is 0 Å². The molecule has 0 unspecified atom stereocenters. The zero-order valence-corrected chi connectivity index (χ0v) is 9.69. The highest BCUT2D eigenvalue weighted by atomic mass is 16.3. The van der Waals surface area contributed by atoms with Crippen LogP contribution in [0.3, 0.4) is 0 Å². The van der Waals surface area contributed by atoms with E-state index < -0.39 is 0 Å². The molecule has 0 amide bonds. The van der Waals surface area contributed by atoms with Crippen molar-refractivity contribution in [3.8, 4) is 11.6 Å². The van der Waals surface area contributed by atoms with Crippen LogP contribution in [0.4, 0.5) is 0 Å². The lowest BCUT2D eigenvalue weighted by Gasteiger charge is -1.83. The van der Waals surface area contributed by atoms with Gasteiger partial charge in [0.1, 0.15) is 29.3 Å². The van der Waals surface area contributed by atoms with Crippen LogP contribution in [0.15, 0.2) is 47.9 Å². The topological polar surface area (TPSA) is 109 Å². The molecule has 0 bridgehead atoms. The molecule has 4 aromatic rings. The number of rotatable bonds is 1. The first-order valence-corrected chi connectivity index (χ1v) is 5.42. The zero-order valence-electron chi connectivity index (χ0n) is 9.69. The lowest BCUT2D eigenvalue weighted by Crippen LogP contribution is -1.74. The van der Waals surface area contributed by atoms with Crippen LogP contribution in [-0.4, -0.2) is 35.3 Å². The summed E-state index contributed by atoms with van der Waals surface area (Å²) in [4.78, 5) is 11.7. The summed E-state index contributed by atoms with van der Waals surface area (Å²) in [6.07, 6.45) is 9.62. The standard InChI is InChI=1S/C6H5N3O.C5H4N4/c1-2-8-9-5(1)6-7-3-4-10-6;1-5-4(2-8-9-5)7-3-6-1/h1-4H,(H,8,9);1-3H,(H,8,9). The number of fused-ring (bicyclic) bond motifs is 1. The smallest absolute Gasteiger partial charge is 0.244 e. The number of hydrogen-bond acceptors (Lipinski definition) is 6. The third-order valence-electron chi connectivity index (χ3n) is 2.28. The Morgan fingerprint density at radius 2 is 2.00 bits per heavy atom. The molecule has 8 nitrogen and oxygen atoms in total. The van der Waals surface area contributed by atoms with Crippen LogP contribution in [0.2, 0.25) is 0 Å². The number of nitrogens with one attached hydrogen (secondary N) is 2. The second-order valence-electron chi connectivity index (χ2n) is 3.50. The van der Waals surface area contributed by atoms with Gasteiger partial charge in [-0.2, -0.15) is 10.2 Å². The fraction of sp³-hybridized carbons (Fsp3) is 0. The molecule has 4 aromatic heterocycles. The molecule has 0 radical (unpaired) electrons. The first-order chi connectivity index (χ1) is 9.43. The Morgan fingerprint density at radius 3 is 2.74 bits per heavy atom. The summed E-state index contributed by atoms with van der Waals surface area (Å²) < 4.78 is 5.00. The van der Waals surface area contributed by atoms with E-state index in [9.17, 15) is 0 Å². The molecule has 4 heterocycles. The average molecular weight is 255 g/mol. The minimum atomic E-state index is 0.567. The van der Waals surface area contributed by atoms with E-state index in [0.717, 1.165) is 16.7 Å². The number of H-pyrrole nitrogens is 2. The van der Waals surface area contributed by atoms with Crippen molar-refractivity contribution in [3.05, 3.63) is 43.4 Å². The average Bonchev–Trinajstić information content (AvgIpc) is 3.20. The molecule has 0 aliphatic carbocycles. The highest BCUT2D eigenvalue weighted by molar-refractivity contribution is 5.71. The van der Waals surface area contributed by atoms with Crippen LogP contribution in [-0.2, 0) is 0 Å². The molecule has 2 N–H and O–H groups in total. The van der Waals surface area contributed by atoms with Crippen molar-refractivity contribution in [2.75, 3.05) is 0 Å². The summed E-state index contributed by atoms with van der Waals surface area (Å²) >= 11 is 0. The molecular formula is C11H9N7O. The van der Waals surface area contributed by atoms with Gasteiger partial charge in [-0.05, 0) is 6.07 Å². The fourth-order valence-corrected chi connectivity index (χ4v) is 1.42. The third-order valence-corrected chi connectivity index (χ3v) is 2.28. The first kappa shape index (κ1) is 11.1. The maximum Gasteiger partial charge on any atom is 0.244 e. The summed E-state index contributed by atoms with van der Waals surface area (Å²) in [7, 11) is 0. The van der Waals surface area contributed by atoms with Crippen molar-refractivity contribution < 1.29 is 4.42 Å². The minimum Gasteiger partial charge on any atom is -0.443 e. The highest BCUT2D eigenvalue weighted by Crippen LogP contribution is 2.11. The molecule has 4 rings (SSSR count). The van der Waals surface area contributed by atoms with E-state index >= 15 is 0 Å². The van der Waals surface area contributed by atoms with Crippen molar-refractivity contribution in [3.63, 3.8) is 0 Å². The van der Waals surface area contributed by atoms with Crippen LogP contribution in [0, 0.1) is 0 Å². The molecular weight excluding hydrogens is 246 g/mol. The zero-order chi connectivity index (χ0) is 12.9. The molecule has 19 heavy (non-hydrogen) atoms. The van der Waals surface area contributed by atoms with Crippen molar-refractivity contribution in [1.29, 1.82) is 0 Å². The van der Waals surface area contributed by atoms with Gasteiger partial charge in [-0.3, -0.25) is 10.2 Å². The Hall–Kier alpha value is -3.03. The van der Waals surface area contributed by atoms with Crippen LogP contribution >= 0.6 is 0 Å². The quantitative estimate of drug-likeness (QED) is 0.532. The van der Waals surface area contributed by atoms with Crippen molar-refractivity contribution in [1.82, 2.24) is 35.3 Å². The van der Waals surface area contributed by atoms with Gasteiger partial charge >= 0.3 is 0 Å². The summed E-state index contributed by atoms with van der Waals surface area (Å²) in [6.45, 7) is 0.